The summed E-state index contributed by atoms with van der Waals surface area (Å²) >= 11 is 0. The number of aromatic nitrogens is 1. The highest BCUT2D eigenvalue weighted by molar-refractivity contribution is 5.70. The molecule has 1 unspecified atom stereocenters. The molecule has 0 aliphatic carbocycles. The fourth-order valence-corrected chi connectivity index (χ4v) is 1.66. The number of hydrogen-bond donors (Lipinski definition) is 1. The third kappa shape index (κ3) is 4.06. The highest BCUT2D eigenvalue weighted by Gasteiger charge is 2.15. The van der Waals surface area contributed by atoms with Crippen molar-refractivity contribution in [3.63, 3.8) is 0 Å². The highest BCUT2D eigenvalue weighted by Crippen LogP contribution is 2.15. The van der Waals surface area contributed by atoms with E-state index in [1.807, 2.05) is 6.92 Å². The Bertz CT molecular complexity index is 440. The van der Waals surface area contributed by atoms with Crippen LogP contribution in [0.25, 0.3) is 0 Å². The molecule has 0 spiro atoms. The summed E-state index contributed by atoms with van der Waals surface area (Å²) in [5.41, 5.74) is 0.475. The Balaban J connectivity index is 2.76. The van der Waals surface area contributed by atoms with Gasteiger partial charge in [-0.05, 0) is 18.6 Å². The minimum atomic E-state index is -0.268. The number of nitriles is 1. The largest absolute Gasteiger partial charge is 0.469 e. The van der Waals surface area contributed by atoms with E-state index in [9.17, 15) is 4.79 Å². The molecule has 5 nitrogen and oxygen atoms in total. The van der Waals surface area contributed by atoms with Gasteiger partial charge in [-0.3, -0.25) is 4.79 Å². The van der Waals surface area contributed by atoms with Gasteiger partial charge < -0.3 is 10.1 Å². The van der Waals surface area contributed by atoms with Crippen LogP contribution in [0.4, 0.5) is 5.82 Å². The van der Waals surface area contributed by atoms with E-state index in [-0.39, 0.29) is 18.4 Å². The molecule has 0 aromatic carbocycles. The lowest BCUT2D eigenvalue weighted by Crippen LogP contribution is -2.24. The minimum absolute atomic E-state index is 0.0653. The van der Waals surface area contributed by atoms with Gasteiger partial charge in [-0.2, -0.15) is 5.26 Å². The summed E-state index contributed by atoms with van der Waals surface area (Å²) < 4.78 is 4.66. The highest BCUT2D eigenvalue weighted by atomic mass is 16.5. The van der Waals surface area contributed by atoms with Gasteiger partial charge in [-0.25, -0.2) is 4.98 Å². The third-order valence-electron chi connectivity index (χ3n) is 2.55. The fourth-order valence-electron chi connectivity index (χ4n) is 1.66. The Labute approximate surface area is 107 Å². The van der Waals surface area contributed by atoms with Gasteiger partial charge in [0, 0.05) is 12.2 Å². The molecule has 5 heteroatoms. The second kappa shape index (κ2) is 7.28. The number of pyridine rings is 1. The Morgan fingerprint density at radius 2 is 2.44 bits per heavy atom. The van der Waals surface area contributed by atoms with Crippen molar-refractivity contribution in [1.82, 2.24) is 4.98 Å². The normalized spacial score (nSPS) is 11.4. The number of carbonyl (C=O) groups is 1. The zero-order valence-electron chi connectivity index (χ0n) is 10.6. The fraction of sp³-hybridized carbons (Fsp3) is 0.462. The Morgan fingerprint density at radius 1 is 1.67 bits per heavy atom. The van der Waals surface area contributed by atoms with E-state index >= 15 is 0 Å². The maximum Gasteiger partial charge on any atom is 0.307 e. The first kappa shape index (κ1) is 14.0. The van der Waals surface area contributed by atoms with Crippen LogP contribution < -0.4 is 5.32 Å². The maximum atomic E-state index is 11.3. The van der Waals surface area contributed by atoms with Gasteiger partial charge in [0.2, 0.25) is 0 Å². The summed E-state index contributed by atoms with van der Waals surface area (Å²) in [7, 11) is 1.37. The summed E-state index contributed by atoms with van der Waals surface area (Å²) in [5.74, 6) is 0.248. The van der Waals surface area contributed by atoms with Crippen molar-refractivity contribution in [2.24, 2.45) is 0 Å². The van der Waals surface area contributed by atoms with Gasteiger partial charge in [-0.15, -0.1) is 0 Å². The molecule has 0 fully saturated rings. The first-order chi connectivity index (χ1) is 8.71. The van der Waals surface area contributed by atoms with Crippen molar-refractivity contribution in [2.75, 3.05) is 12.4 Å². The lowest BCUT2D eigenvalue weighted by Gasteiger charge is -2.18. The van der Waals surface area contributed by atoms with Crippen LogP contribution in [0.1, 0.15) is 31.7 Å². The molecule has 1 aromatic rings. The summed E-state index contributed by atoms with van der Waals surface area (Å²) in [5, 5.41) is 12.1. The number of methoxy groups -OCH3 is 1. The molecule has 1 rings (SSSR count). The summed E-state index contributed by atoms with van der Waals surface area (Å²) in [4.78, 5) is 15.4. The number of nitrogens with one attached hydrogen (secondary N) is 1. The van der Waals surface area contributed by atoms with E-state index in [0.29, 0.717) is 11.4 Å². The van der Waals surface area contributed by atoms with Gasteiger partial charge in [-0.1, -0.05) is 13.3 Å². The molecule has 0 radical (unpaired) electrons. The number of esters is 1. The van der Waals surface area contributed by atoms with Crippen molar-refractivity contribution in [3.05, 3.63) is 23.9 Å². The summed E-state index contributed by atoms with van der Waals surface area (Å²) in [6.45, 7) is 2.04. The lowest BCUT2D eigenvalue weighted by molar-refractivity contribution is -0.140. The van der Waals surface area contributed by atoms with Crippen LogP contribution in [0.2, 0.25) is 0 Å². The zero-order valence-corrected chi connectivity index (χ0v) is 10.6. The van der Waals surface area contributed by atoms with Gasteiger partial charge in [0.25, 0.3) is 0 Å². The topological polar surface area (TPSA) is 75.0 Å². The standard InChI is InChI=1S/C13H17N3O2/c1-3-5-11(8-12(17)18-2)16-13-10(9-14)6-4-7-15-13/h4,6-7,11H,3,5,8H2,1-2H3,(H,15,16). The second-order valence-electron chi connectivity index (χ2n) is 3.92. The van der Waals surface area contributed by atoms with Gasteiger partial charge in [0.05, 0.1) is 19.1 Å². The van der Waals surface area contributed by atoms with Gasteiger partial charge in [0.15, 0.2) is 0 Å². The smallest absolute Gasteiger partial charge is 0.307 e. The number of rotatable bonds is 6. The van der Waals surface area contributed by atoms with Crippen LogP contribution in [0.5, 0.6) is 0 Å². The van der Waals surface area contributed by atoms with E-state index in [2.05, 4.69) is 21.1 Å². The summed E-state index contributed by atoms with van der Waals surface area (Å²) in [6, 6.07) is 5.40. The zero-order chi connectivity index (χ0) is 13.4. The van der Waals surface area contributed by atoms with Crippen molar-refractivity contribution < 1.29 is 9.53 Å². The predicted molar refractivity (Wildman–Crippen MR) is 67.9 cm³/mol. The van der Waals surface area contributed by atoms with Crippen molar-refractivity contribution in [1.29, 1.82) is 5.26 Å². The Hall–Kier alpha value is -2.09. The van der Waals surface area contributed by atoms with E-state index in [1.54, 1.807) is 18.3 Å². The molecule has 0 saturated heterocycles. The van der Waals surface area contributed by atoms with Crippen LogP contribution in [0.3, 0.4) is 0 Å². The lowest BCUT2D eigenvalue weighted by atomic mass is 10.1. The number of nitrogens with zero attached hydrogens (tertiary/aromatic N) is 2. The van der Waals surface area contributed by atoms with E-state index in [1.165, 1.54) is 7.11 Å². The number of hydrogen-bond acceptors (Lipinski definition) is 5. The monoisotopic (exact) mass is 247 g/mol. The predicted octanol–water partition coefficient (Wildman–Crippen LogP) is 2.10. The molecule has 0 saturated carbocycles. The van der Waals surface area contributed by atoms with Crippen LogP contribution in [0, 0.1) is 11.3 Å². The molecule has 1 N–H and O–H groups in total. The molecule has 0 aliphatic heterocycles. The maximum absolute atomic E-state index is 11.3. The van der Waals surface area contributed by atoms with E-state index < -0.39 is 0 Å². The van der Waals surface area contributed by atoms with Crippen LogP contribution >= 0.6 is 0 Å². The Kier molecular flexibility index (Phi) is 5.65. The first-order valence-corrected chi connectivity index (χ1v) is 5.89. The van der Waals surface area contributed by atoms with Crippen molar-refractivity contribution >= 4 is 11.8 Å². The molecule has 0 bridgehead atoms. The number of ether oxygens (including phenoxy) is 1. The van der Waals surface area contributed by atoms with Crippen LogP contribution in [-0.2, 0) is 9.53 Å². The first-order valence-electron chi connectivity index (χ1n) is 5.89. The molecular formula is C13H17N3O2. The molecular weight excluding hydrogens is 230 g/mol. The van der Waals surface area contributed by atoms with E-state index in [4.69, 9.17) is 5.26 Å². The Morgan fingerprint density at radius 3 is 3.06 bits per heavy atom. The molecule has 0 aliphatic rings. The van der Waals surface area contributed by atoms with Crippen LogP contribution in [-0.4, -0.2) is 24.1 Å². The van der Waals surface area contributed by atoms with Crippen LogP contribution in [0.15, 0.2) is 18.3 Å². The number of carbonyl (C=O) groups excluding carboxylic acids is 1. The molecule has 96 valence electrons. The SMILES string of the molecule is CCCC(CC(=O)OC)Nc1ncccc1C#N. The average molecular weight is 247 g/mol. The summed E-state index contributed by atoms with van der Waals surface area (Å²) in [6.07, 6.45) is 3.63. The molecule has 1 heterocycles. The minimum Gasteiger partial charge on any atom is -0.469 e. The molecule has 1 aromatic heterocycles. The van der Waals surface area contributed by atoms with Gasteiger partial charge in [0.1, 0.15) is 11.9 Å². The van der Waals surface area contributed by atoms with Gasteiger partial charge >= 0.3 is 5.97 Å². The molecule has 0 amide bonds. The second-order valence-corrected chi connectivity index (χ2v) is 3.92. The van der Waals surface area contributed by atoms with Crippen molar-refractivity contribution in [3.8, 4) is 6.07 Å². The number of anilines is 1. The quantitative estimate of drug-likeness (QED) is 0.779. The third-order valence-corrected chi connectivity index (χ3v) is 2.55. The van der Waals surface area contributed by atoms with Crippen molar-refractivity contribution in [2.45, 2.75) is 32.2 Å². The molecule has 1 atom stereocenters. The average Bonchev–Trinajstić information content (AvgIpc) is 2.39. The van der Waals surface area contributed by atoms with E-state index in [0.717, 1.165) is 12.8 Å². The molecule has 18 heavy (non-hydrogen) atoms.